The van der Waals surface area contributed by atoms with Crippen LogP contribution in [0.25, 0.3) is 0 Å². The van der Waals surface area contributed by atoms with Gasteiger partial charge < -0.3 is 4.74 Å². The fourth-order valence-electron chi connectivity index (χ4n) is 1.48. The lowest BCUT2D eigenvalue weighted by Crippen LogP contribution is -2.14. The van der Waals surface area contributed by atoms with E-state index < -0.39 is 11.8 Å². The molecule has 17 heavy (non-hydrogen) atoms. The molecule has 0 bridgehead atoms. The van der Waals surface area contributed by atoms with Gasteiger partial charge in [-0.3, -0.25) is 4.79 Å². The molecule has 0 aliphatic rings. The first-order valence-corrected chi connectivity index (χ1v) is 5.49. The number of halogens is 1. The first-order chi connectivity index (χ1) is 8.13. The molecule has 0 saturated heterocycles. The summed E-state index contributed by atoms with van der Waals surface area (Å²) < 4.78 is 16.9. The summed E-state index contributed by atoms with van der Waals surface area (Å²) in [5, 5.41) is 0. The SMILES string of the molecule is COC(=O)C(=O)CCCCc1ccc(F)cc1. The Balaban J connectivity index is 2.22. The van der Waals surface area contributed by atoms with Crippen LogP contribution >= 0.6 is 0 Å². The normalized spacial score (nSPS) is 10.0. The van der Waals surface area contributed by atoms with Crippen molar-refractivity contribution >= 4 is 11.8 Å². The van der Waals surface area contributed by atoms with Crippen LogP contribution in [0.1, 0.15) is 24.8 Å². The standard InChI is InChI=1S/C13H15FO3/c1-17-13(16)12(15)5-3-2-4-10-6-8-11(14)9-7-10/h6-9H,2-5H2,1H3. The number of hydrogen-bond donors (Lipinski definition) is 0. The third-order valence-corrected chi connectivity index (χ3v) is 2.45. The fraction of sp³-hybridized carbons (Fsp3) is 0.385. The third-order valence-electron chi connectivity index (χ3n) is 2.45. The van der Waals surface area contributed by atoms with Crippen molar-refractivity contribution in [2.45, 2.75) is 25.7 Å². The van der Waals surface area contributed by atoms with Crippen molar-refractivity contribution in [1.29, 1.82) is 0 Å². The third kappa shape index (κ3) is 4.76. The molecule has 0 spiro atoms. The zero-order valence-corrected chi connectivity index (χ0v) is 9.74. The van der Waals surface area contributed by atoms with E-state index in [0.29, 0.717) is 6.42 Å². The number of esters is 1. The van der Waals surface area contributed by atoms with E-state index in [1.807, 2.05) is 0 Å². The van der Waals surface area contributed by atoms with Crippen LogP contribution in [0.15, 0.2) is 24.3 Å². The summed E-state index contributed by atoms with van der Waals surface area (Å²) in [5.41, 5.74) is 1.02. The molecule has 0 unspecified atom stereocenters. The molecule has 0 saturated carbocycles. The minimum atomic E-state index is -0.785. The van der Waals surface area contributed by atoms with Gasteiger partial charge in [-0.25, -0.2) is 9.18 Å². The molecule has 0 fully saturated rings. The van der Waals surface area contributed by atoms with Crippen molar-refractivity contribution in [1.82, 2.24) is 0 Å². The smallest absolute Gasteiger partial charge is 0.374 e. The summed E-state index contributed by atoms with van der Waals surface area (Å²) in [6.07, 6.45) is 2.39. The second kappa shape index (κ2) is 6.78. The van der Waals surface area contributed by atoms with E-state index in [0.717, 1.165) is 18.4 Å². The maximum Gasteiger partial charge on any atom is 0.374 e. The van der Waals surface area contributed by atoms with Crippen LogP contribution in [-0.4, -0.2) is 18.9 Å². The van der Waals surface area contributed by atoms with Gasteiger partial charge in [0.2, 0.25) is 5.78 Å². The molecule has 0 aliphatic carbocycles. The molecular weight excluding hydrogens is 223 g/mol. The molecule has 0 radical (unpaired) electrons. The van der Waals surface area contributed by atoms with Gasteiger partial charge in [-0.2, -0.15) is 0 Å². The lowest BCUT2D eigenvalue weighted by Gasteiger charge is -2.01. The molecule has 0 N–H and O–H groups in total. The average Bonchev–Trinajstić information content (AvgIpc) is 2.35. The van der Waals surface area contributed by atoms with Gasteiger partial charge in [-0.15, -0.1) is 0 Å². The Hall–Kier alpha value is -1.71. The monoisotopic (exact) mass is 238 g/mol. The van der Waals surface area contributed by atoms with Crippen LogP contribution in [0, 0.1) is 5.82 Å². The minimum absolute atomic E-state index is 0.202. The Morgan fingerprint density at radius 3 is 2.41 bits per heavy atom. The summed E-state index contributed by atoms with van der Waals surface area (Å²) in [4.78, 5) is 21.9. The zero-order valence-electron chi connectivity index (χ0n) is 9.74. The predicted molar refractivity (Wildman–Crippen MR) is 61.0 cm³/mol. The van der Waals surface area contributed by atoms with Crippen molar-refractivity contribution in [2.75, 3.05) is 7.11 Å². The minimum Gasteiger partial charge on any atom is -0.463 e. The van der Waals surface area contributed by atoms with Gasteiger partial charge in [0.25, 0.3) is 0 Å². The predicted octanol–water partition coefficient (Wildman–Crippen LogP) is 2.28. The molecular formula is C13H15FO3. The number of aryl methyl sites for hydroxylation is 1. The average molecular weight is 238 g/mol. The van der Waals surface area contributed by atoms with E-state index in [4.69, 9.17) is 0 Å². The highest BCUT2D eigenvalue weighted by atomic mass is 19.1. The molecule has 0 aliphatic heterocycles. The van der Waals surface area contributed by atoms with Gasteiger partial charge in [0.15, 0.2) is 0 Å². The number of ether oxygens (including phenoxy) is 1. The second-order valence-corrected chi connectivity index (χ2v) is 3.75. The van der Waals surface area contributed by atoms with Crippen molar-refractivity contribution in [3.05, 3.63) is 35.6 Å². The van der Waals surface area contributed by atoms with E-state index in [9.17, 15) is 14.0 Å². The highest BCUT2D eigenvalue weighted by Gasteiger charge is 2.12. The molecule has 0 amide bonds. The molecule has 92 valence electrons. The Kier molecular flexibility index (Phi) is 5.33. The van der Waals surface area contributed by atoms with Gasteiger partial charge >= 0.3 is 5.97 Å². The summed E-state index contributed by atoms with van der Waals surface area (Å²) in [7, 11) is 1.19. The molecule has 1 aromatic rings. The molecule has 1 rings (SSSR count). The van der Waals surface area contributed by atoms with Crippen LogP contribution in [0.3, 0.4) is 0 Å². The van der Waals surface area contributed by atoms with Crippen molar-refractivity contribution in [3.63, 3.8) is 0 Å². The van der Waals surface area contributed by atoms with Gasteiger partial charge in [0, 0.05) is 6.42 Å². The zero-order chi connectivity index (χ0) is 12.7. The Labute approximate surface area is 99.6 Å². The topological polar surface area (TPSA) is 43.4 Å². The molecule has 0 atom stereocenters. The number of Topliss-reactive ketones (excluding diaryl/α,β-unsaturated/α-hetero) is 1. The molecule has 4 heteroatoms. The van der Waals surface area contributed by atoms with E-state index in [1.165, 1.54) is 19.2 Å². The summed E-state index contributed by atoms with van der Waals surface area (Å²) in [6.45, 7) is 0. The van der Waals surface area contributed by atoms with Crippen LogP contribution in [0.4, 0.5) is 4.39 Å². The van der Waals surface area contributed by atoms with Gasteiger partial charge in [0.1, 0.15) is 5.82 Å². The van der Waals surface area contributed by atoms with Gasteiger partial charge in [-0.1, -0.05) is 12.1 Å². The maximum atomic E-state index is 12.6. The quantitative estimate of drug-likeness (QED) is 0.434. The Bertz CT molecular complexity index is 384. The summed E-state index contributed by atoms with van der Waals surface area (Å²) in [5.74, 6) is -1.53. The first-order valence-electron chi connectivity index (χ1n) is 5.49. The number of carbonyl (C=O) groups is 2. The summed E-state index contributed by atoms with van der Waals surface area (Å²) in [6, 6.07) is 6.26. The van der Waals surface area contributed by atoms with Crippen molar-refractivity contribution in [3.8, 4) is 0 Å². The van der Waals surface area contributed by atoms with Crippen LogP contribution in [0.5, 0.6) is 0 Å². The number of benzene rings is 1. The number of methoxy groups -OCH3 is 1. The number of ketones is 1. The molecule has 1 aromatic carbocycles. The second-order valence-electron chi connectivity index (χ2n) is 3.75. The Morgan fingerprint density at radius 2 is 1.82 bits per heavy atom. The Morgan fingerprint density at radius 1 is 1.18 bits per heavy atom. The van der Waals surface area contributed by atoms with E-state index in [1.54, 1.807) is 12.1 Å². The number of unbranched alkanes of at least 4 members (excludes halogenated alkanes) is 1. The first kappa shape index (κ1) is 13.4. The van der Waals surface area contributed by atoms with Crippen LogP contribution < -0.4 is 0 Å². The van der Waals surface area contributed by atoms with Crippen LogP contribution in [-0.2, 0) is 20.7 Å². The lowest BCUT2D eigenvalue weighted by molar-refractivity contribution is -0.151. The van der Waals surface area contributed by atoms with Crippen molar-refractivity contribution in [2.24, 2.45) is 0 Å². The number of carbonyl (C=O) groups excluding carboxylic acids is 2. The molecule has 0 heterocycles. The number of rotatable bonds is 6. The number of hydrogen-bond acceptors (Lipinski definition) is 3. The lowest BCUT2D eigenvalue weighted by atomic mass is 10.1. The van der Waals surface area contributed by atoms with E-state index >= 15 is 0 Å². The van der Waals surface area contributed by atoms with Gasteiger partial charge in [0.05, 0.1) is 7.11 Å². The van der Waals surface area contributed by atoms with E-state index in [2.05, 4.69) is 4.74 Å². The maximum absolute atomic E-state index is 12.6. The fourth-order valence-corrected chi connectivity index (χ4v) is 1.48. The molecule has 3 nitrogen and oxygen atoms in total. The van der Waals surface area contributed by atoms with Crippen LogP contribution in [0.2, 0.25) is 0 Å². The van der Waals surface area contributed by atoms with Crippen molar-refractivity contribution < 1.29 is 18.7 Å². The molecule has 0 aromatic heterocycles. The summed E-state index contributed by atoms with van der Waals surface area (Å²) >= 11 is 0. The van der Waals surface area contributed by atoms with Gasteiger partial charge in [-0.05, 0) is 37.0 Å². The highest BCUT2D eigenvalue weighted by molar-refractivity contribution is 6.33. The highest BCUT2D eigenvalue weighted by Crippen LogP contribution is 2.08. The van der Waals surface area contributed by atoms with E-state index in [-0.39, 0.29) is 12.2 Å². The largest absolute Gasteiger partial charge is 0.463 e.